The number of halogens is 1. The Morgan fingerprint density at radius 1 is 1.35 bits per heavy atom. The molecule has 0 aromatic heterocycles. The van der Waals surface area contributed by atoms with Crippen molar-refractivity contribution in [1.82, 2.24) is 5.32 Å². The molecule has 1 fully saturated rings. The van der Waals surface area contributed by atoms with Crippen molar-refractivity contribution in [3.8, 4) is 5.75 Å². The maximum Gasteiger partial charge on any atom is 0.223 e. The number of amides is 1. The first-order valence-corrected chi connectivity index (χ1v) is 7.31. The Hall–Kier alpha value is -1.58. The fraction of sp³-hybridized carbons (Fsp3) is 0.562. The molecule has 1 saturated carbocycles. The van der Waals surface area contributed by atoms with Crippen LogP contribution in [0.5, 0.6) is 5.75 Å². The largest absolute Gasteiger partial charge is 0.494 e. The molecule has 1 aromatic carbocycles. The quantitative estimate of drug-likeness (QED) is 0.899. The summed E-state index contributed by atoms with van der Waals surface area (Å²) >= 11 is 0. The van der Waals surface area contributed by atoms with Crippen LogP contribution in [0.15, 0.2) is 18.2 Å². The van der Waals surface area contributed by atoms with Crippen molar-refractivity contribution in [3.05, 3.63) is 29.6 Å². The number of benzene rings is 1. The fourth-order valence-corrected chi connectivity index (χ4v) is 2.70. The van der Waals surface area contributed by atoms with Crippen LogP contribution in [0.3, 0.4) is 0 Å². The Bertz CT molecular complexity index is 456. The van der Waals surface area contributed by atoms with Gasteiger partial charge in [-0.05, 0) is 37.0 Å². The predicted molar refractivity (Wildman–Crippen MR) is 76.2 cm³/mol. The number of rotatable bonds is 5. The molecule has 0 bridgehead atoms. The Balaban J connectivity index is 1.77. The molecule has 1 N–H and O–H groups in total. The molecule has 1 aliphatic carbocycles. The van der Waals surface area contributed by atoms with E-state index in [1.807, 2.05) is 6.07 Å². The van der Waals surface area contributed by atoms with E-state index in [4.69, 9.17) is 4.74 Å². The van der Waals surface area contributed by atoms with Gasteiger partial charge in [0.2, 0.25) is 5.91 Å². The molecule has 4 heteroatoms. The number of carbonyl (C=O) groups is 1. The number of ether oxygens (including phenoxy) is 1. The zero-order chi connectivity index (χ0) is 14.4. The monoisotopic (exact) mass is 279 g/mol. The van der Waals surface area contributed by atoms with E-state index in [1.165, 1.54) is 19.6 Å². The van der Waals surface area contributed by atoms with Crippen LogP contribution in [-0.2, 0) is 11.2 Å². The van der Waals surface area contributed by atoms with Crippen LogP contribution in [0.4, 0.5) is 4.39 Å². The average Bonchev–Trinajstić information content (AvgIpc) is 2.48. The number of carbonyl (C=O) groups excluding carboxylic acids is 1. The SMILES string of the molecule is COc1ccc(CCNC(=O)C2CCCCC2)cc1F. The van der Waals surface area contributed by atoms with Crippen LogP contribution in [0.1, 0.15) is 37.7 Å². The van der Waals surface area contributed by atoms with Crippen LogP contribution in [0, 0.1) is 11.7 Å². The average molecular weight is 279 g/mol. The molecular weight excluding hydrogens is 257 g/mol. The van der Waals surface area contributed by atoms with Crippen LogP contribution in [0.25, 0.3) is 0 Å². The summed E-state index contributed by atoms with van der Waals surface area (Å²) in [6, 6.07) is 4.91. The number of methoxy groups -OCH3 is 1. The standard InChI is InChI=1S/C16H22FNO2/c1-20-15-8-7-12(11-14(15)17)9-10-18-16(19)13-5-3-2-4-6-13/h7-8,11,13H,2-6,9-10H2,1H3,(H,18,19). The topological polar surface area (TPSA) is 38.3 Å². The van der Waals surface area contributed by atoms with Crippen LogP contribution < -0.4 is 10.1 Å². The molecular formula is C16H22FNO2. The zero-order valence-corrected chi connectivity index (χ0v) is 12.0. The lowest BCUT2D eigenvalue weighted by atomic mass is 9.88. The van der Waals surface area contributed by atoms with E-state index < -0.39 is 0 Å². The van der Waals surface area contributed by atoms with Crippen molar-refractivity contribution in [1.29, 1.82) is 0 Å². The maximum atomic E-state index is 13.5. The third-order valence-corrected chi connectivity index (χ3v) is 3.91. The summed E-state index contributed by atoms with van der Waals surface area (Å²) in [4.78, 5) is 12.0. The Kier molecular flexibility index (Phi) is 5.39. The second kappa shape index (κ2) is 7.27. The highest BCUT2D eigenvalue weighted by Crippen LogP contribution is 2.23. The molecule has 110 valence electrons. The van der Waals surface area contributed by atoms with Crippen LogP contribution in [-0.4, -0.2) is 19.6 Å². The fourth-order valence-electron chi connectivity index (χ4n) is 2.70. The van der Waals surface area contributed by atoms with Gasteiger partial charge in [0.1, 0.15) is 0 Å². The molecule has 1 aliphatic rings. The van der Waals surface area contributed by atoms with Gasteiger partial charge in [-0.15, -0.1) is 0 Å². The van der Waals surface area contributed by atoms with Gasteiger partial charge >= 0.3 is 0 Å². The second-order valence-electron chi connectivity index (χ2n) is 5.34. The van der Waals surface area contributed by atoms with E-state index in [1.54, 1.807) is 6.07 Å². The highest BCUT2D eigenvalue weighted by atomic mass is 19.1. The molecule has 1 amide bonds. The molecule has 0 radical (unpaired) electrons. The summed E-state index contributed by atoms with van der Waals surface area (Å²) in [5, 5.41) is 2.96. The van der Waals surface area contributed by atoms with Gasteiger partial charge in [-0.2, -0.15) is 0 Å². The van der Waals surface area contributed by atoms with Crippen LogP contribution >= 0.6 is 0 Å². The molecule has 0 atom stereocenters. The molecule has 0 aliphatic heterocycles. The molecule has 0 spiro atoms. The van der Waals surface area contributed by atoms with Crippen molar-refractivity contribution < 1.29 is 13.9 Å². The molecule has 0 unspecified atom stereocenters. The molecule has 1 aromatic rings. The van der Waals surface area contributed by atoms with Gasteiger partial charge in [0, 0.05) is 12.5 Å². The molecule has 20 heavy (non-hydrogen) atoms. The van der Waals surface area contributed by atoms with Crippen LogP contribution in [0.2, 0.25) is 0 Å². The van der Waals surface area contributed by atoms with Gasteiger partial charge in [0.25, 0.3) is 0 Å². The lowest BCUT2D eigenvalue weighted by Crippen LogP contribution is -2.33. The van der Waals surface area contributed by atoms with Crippen molar-refractivity contribution in [3.63, 3.8) is 0 Å². The number of hydrogen-bond donors (Lipinski definition) is 1. The third-order valence-electron chi connectivity index (χ3n) is 3.91. The lowest BCUT2D eigenvalue weighted by molar-refractivity contribution is -0.125. The highest BCUT2D eigenvalue weighted by molar-refractivity contribution is 5.78. The minimum Gasteiger partial charge on any atom is -0.494 e. The summed E-state index contributed by atoms with van der Waals surface area (Å²) in [6.07, 6.45) is 6.20. The van der Waals surface area contributed by atoms with Gasteiger partial charge in [-0.3, -0.25) is 4.79 Å². The minimum absolute atomic E-state index is 0.152. The summed E-state index contributed by atoms with van der Waals surface area (Å²) in [6.45, 7) is 0.557. The Morgan fingerprint density at radius 2 is 2.10 bits per heavy atom. The molecule has 3 nitrogen and oxygen atoms in total. The normalized spacial score (nSPS) is 15.9. The first kappa shape index (κ1) is 14.8. The summed E-state index contributed by atoms with van der Waals surface area (Å²) < 4.78 is 18.4. The maximum absolute atomic E-state index is 13.5. The predicted octanol–water partition coefficient (Wildman–Crippen LogP) is 3.07. The minimum atomic E-state index is -0.358. The van der Waals surface area contributed by atoms with Gasteiger partial charge in [-0.1, -0.05) is 25.3 Å². The smallest absolute Gasteiger partial charge is 0.223 e. The van der Waals surface area contributed by atoms with Crippen molar-refractivity contribution in [2.75, 3.05) is 13.7 Å². The van der Waals surface area contributed by atoms with Crippen molar-refractivity contribution in [2.45, 2.75) is 38.5 Å². The highest BCUT2D eigenvalue weighted by Gasteiger charge is 2.20. The molecule has 0 heterocycles. The van der Waals surface area contributed by atoms with E-state index in [9.17, 15) is 9.18 Å². The first-order valence-electron chi connectivity index (χ1n) is 7.31. The van der Waals surface area contributed by atoms with E-state index in [0.717, 1.165) is 31.2 Å². The zero-order valence-electron chi connectivity index (χ0n) is 12.0. The van der Waals surface area contributed by atoms with E-state index in [0.29, 0.717) is 13.0 Å². The van der Waals surface area contributed by atoms with Crippen molar-refractivity contribution in [2.24, 2.45) is 5.92 Å². The molecule has 0 saturated heterocycles. The second-order valence-corrected chi connectivity index (χ2v) is 5.34. The van der Waals surface area contributed by atoms with E-state index in [2.05, 4.69) is 5.32 Å². The number of hydrogen-bond acceptors (Lipinski definition) is 2. The summed E-state index contributed by atoms with van der Waals surface area (Å²) in [5.41, 5.74) is 0.868. The van der Waals surface area contributed by atoms with Crippen molar-refractivity contribution >= 4 is 5.91 Å². The number of nitrogens with one attached hydrogen (secondary N) is 1. The van der Waals surface area contributed by atoms with E-state index >= 15 is 0 Å². The van der Waals surface area contributed by atoms with E-state index in [-0.39, 0.29) is 23.4 Å². The Morgan fingerprint density at radius 3 is 2.75 bits per heavy atom. The third kappa shape index (κ3) is 3.95. The first-order chi connectivity index (χ1) is 9.70. The van der Waals surface area contributed by atoms with Gasteiger partial charge in [0.05, 0.1) is 7.11 Å². The summed E-state index contributed by atoms with van der Waals surface area (Å²) in [7, 11) is 1.45. The summed E-state index contributed by atoms with van der Waals surface area (Å²) in [5.74, 6) is 0.221. The van der Waals surface area contributed by atoms with Gasteiger partial charge in [-0.25, -0.2) is 4.39 Å². The Labute approximate surface area is 119 Å². The molecule has 2 rings (SSSR count). The van der Waals surface area contributed by atoms with Gasteiger partial charge in [0.15, 0.2) is 11.6 Å². The lowest BCUT2D eigenvalue weighted by Gasteiger charge is -2.20. The van der Waals surface area contributed by atoms with Gasteiger partial charge < -0.3 is 10.1 Å².